The Morgan fingerprint density at radius 1 is 1.47 bits per heavy atom. The first-order valence-electron chi connectivity index (χ1n) is 6.05. The summed E-state index contributed by atoms with van der Waals surface area (Å²) in [6.07, 6.45) is -0.230. The van der Waals surface area contributed by atoms with Crippen LogP contribution in [0.4, 0.5) is 4.79 Å². The molecule has 19 heavy (non-hydrogen) atoms. The number of aliphatic carboxylic acids is 1. The van der Waals surface area contributed by atoms with Crippen LogP contribution in [0.15, 0.2) is 11.4 Å². The van der Waals surface area contributed by atoms with Gasteiger partial charge in [-0.25, -0.2) is 9.59 Å². The van der Waals surface area contributed by atoms with Gasteiger partial charge in [0.05, 0.1) is 6.54 Å². The van der Waals surface area contributed by atoms with Crippen LogP contribution in [0.25, 0.3) is 0 Å². The van der Waals surface area contributed by atoms with Crippen LogP contribution in [-0.2, 0) is 22.5 Å². The highest BCUT2D eigenvalue weighted by Crippen LogP contribution is 2.29. The minimum atomic E-state index is -0.997. The van der Waals surface area contributed by atoms with Crippen LogP contribution < -0.4 is 0 Å². The average Bonchev–Trinajstić information content (AvgIpc) is 2.71. The second-order valence-electron chi connectivity index (χ2n) is 5.54. The summed E-state index contributed by atoms with van der Waals surface area (Å²) < 4.78 is 5.28. The molecule has 1 amide bonds. The Morgan fingerprint density at radius 3 is 2.74 bits per heavy atom. The number of rotatable bonds is 1. The molecule has 0 saturated heterocycles. The number of thiophene rings is 1. The van der Waals surface area contributed by atoms with Crippen molar-refractivity contribution < 1.29 is 19.4 Å². The summed E-state index contributed by atoms with van der Waals surface area (Å²) in [5.41, 5.74) is 0.382. The van der Waals surface area contributed by atoms with E-state index in [2.05, 4.69) is 0 Å². The van der Waals surface area contributed by atoms with Gasteiger partial charge in [0.25, 0.3) is 0 Å². The summed E-state index contributed by atoms with van der Waals surface area (Å²) in [7, 11) is 0. The van der Waals surface area contributed by atoms with Crippen LogP contribution in [-0.4, -0.2) is 33.7 Å². The van der Waals surface area contributed by atoms with E-state index < -0.39 is 23.7 Å². The molecule has 1 aliphatic rings. The van der Waals surface area contributed by atoms with Crippen molar-refractivity contribution in [3.8, 4) is 0 Å². The third-order valence-corrected chi connectivity index (χ3v) is 3.80. The number of carboxylic acids is 1. The highest BCUT2D eigenvalue weighted by atomic mass is 32.1. The van der Waals surface area contributed by atoms with E-state index in [0.29, 0.717) is 13.0 Å². The maximum Gasteiger partial charge on any atom is 0.411 e. The molecule has 0 radical (unpaired) electrons. The van der Waals surface area contributed by atoms with Gasteiger partial charge in [-0.05, 0) is 37.8 Å². The summed E-state index contributed by atoms with van der Waals surface area (Å²) in [6, 6.07) is 1.07. The van der Waals surface area contributed by atoms with E-state index in [4.69, 9.17) is 4.74 Å². The largest absolute Gasteiger partial charge is 0.480 e. The van der Waals surface area contributed by atoms with Gasteiger partial charge in [0.2, 0.25) is 0 Å². The van der Waals surface area contributed by atoms with Gasteiger partial charge in [-0.15, -0.1) is 11.3 Å². The molecule has 0 spiro atoms. The lowest BCUT2D eigenvalue weighted by atomic mass is 10.0. The van der Waals surface area contributed by atoms with E-state index in [-0.39, 0.29) is 0 Å². The Bertz CT molecular complexity index is 503. The maximum atomic E-state index is 12.1. The molecule has 104 valence electrons. The van der Waals surface area contributed by atoms with Crippen molar-refractivity contribution in [2.45, 2.75) is 45.4 Å². The quantitative estimate of drug-likeness (QED) is 0.860. The molecule has 0 aromatic carbocycles. The maximum absolute atomic E-state index is 12.1. The number of carbonyl (C=O) groups is 2. The summed E-state index contributed by atoms with van der Waals surface area (Å²) in [5, 5.41) is 11.2. The number of nitrogens with zero attached hydrogens (tertiary/aromatic N) is 1. The van der Waals surface area contributed by atoms with Crippen molar-refractivity contribution in [2.24, 2.45) is 0 Å². The average molecular weight is 283 g/mol. The molecule has 5 nitrogen and oxygen atoms in total. The van der Waals surface area contributed by atoms with Gasteiger partial charge in [0, 0.05) is 11.3 Å². The minimum absolute atomic E-state index is 0.304. The second kappa shape index (κ2) is 4.85. The van der Waals surface area contributed by atoms with Crippen LogP contribution in [0, 0.1) is 0 Å². The molecule has 1 aromatic rings. The molecule has 0 bridgehead atoms. The van der Waals surface area contributed by atoms with E-state index in [1.807, 2.05) is 11.4 Å². The number of carbonyl (C=O) groups excluding carboxylic acids is 1. The van der Waals surface area contributed by atoms with Crippen molar-refractivity contribution in [1.29, 1.82) is 0 Å². The third kappa shape index (κ3) is 3.07. The molecule has 1 unspecified atom stereocenters. The normalized spacial score (nSPS) is 18.9. The van der Waals surface area contributed by atoms with Crippen LogP contribution in [0.1, 0.15) is 31.2 Å². The fraction of sp³-hybridized carbons (Fsp3) is 0.538. The van der Waals surface area contributed by atoms with Crippen molar-refractivity contribution >= 4 is 23.4 Å². The van der Waals surface area contributed by atoms with E-state index in [1.165, 1.54) is 16.2 Å². The zero-order valence-electron chi connectivity index (χ0n) is 11.2. The van der Waals surface area contributed by atoms with Crippen molar-refractivity contribution in [1.82, 2.24) is 4.90 Å². The van der Waals surface area contributed by atoms with E-state index in [9.17, 15) is 14.7 Å². The van der Waals surface area contributed by atoms with Gasteiger partial charge in [-0.3, -0.25) is 4.90 Å². The Hall–Kier alpha value is -1.56. The van der Waals surface area contributed by atoms with E-state index >= 15 is 0 Å². The molecule has 1 N–H and O–H groups in total. The predicted octanol–water partition coefficient (Wildman–Crippen LogP) is 2.49. The highest BCUT2D eigenvalue weighted by molar-refractivity contribution is 7.10. The highest BCUT2D eigenvalue weighted by Gasteiger charge is 2.37. The molecule has 1 aromatic heterocycles. The molecular weight excluding hydrogens is 266 g/mol. The summed E-state index contributed by atoms with van der Waals surface area (Å²) >= 11 is 1.54. The van der Waals surface area contributed by atoms with E-state index in [0.717, 1.165) is 10.4 Å². The molecule has 0 fully saturated rings. The molecule has 0 aliphatic carbocycles. The number of amides is 1. The molecule has 1 aliphatic heterocycles. The number of carboxylic acid groups (broad SMARTS) is 1. The molecule has 1 atom stereocenters. The number of hydrogen-bond acceptors (Lipinski definition) is 4. The lowest BCUT2D eigenvalue weighted by molar-refractivity contribution is -0.143. The Balaban J connectivity index is 2.22. The van der Waals surface area contributed by atoms with Crippen LogP contribution >= 0.6 is 11.3 Å². The topological polar surface area (TPSA) is 66.8 Å². The summed E-state index contributed by atoms with van der Waals surface area (Å²) in [4.78, 5) is 25.8. The Morgan fingerprint density at radius 2 is 2.16 bits per heavy atom. The lowest BCUT2D eigenvalue weighted by Gasteiger charge is -2.34. The molecule has 6 heteroatoms. The first-order chi connectivity index (χ1) is 8.78. The fourth-order valence-electron chi connectivity index (χ4n) is 2.00. The molecular formula is C13H17NO4S. The van der Waals surface area contributed by atoms with Gasteiger partial charge >= 0.3 is 12.1 Å². The van der Waals surface area contributed by atoms with Gasteiger partial charge < -0.3 is 9.84 Å². The van der Waals surface area contributed by atoms with Crippen molar-refractivity contribution in [3.63, 3.8) is 0 Å². The van der Waals surface area contributed by atoms with Gasteiger partial charge in [0.15, 0.2) is 0 Å². The first kappa shape index (κ1) is 13.9. The number of ether oxygens (including phenoxy) is 1. The van der Waals surface area contributed by atoms with Gasteiger partial charge in [0.1, 0.15) is 11.6 Å². The van der Waals surface area contributed by atoms with E-state index in [1.54, 1.807) is 20.8 Å². The van der Waals surface area contributed by atoms with Crippen molar-refractivity contribution in [3.05, 3.63) is 21.9 Å². The smallest absolute Gasteiger partial charge is 0.411 e. The summed E-state index contributed by atoms with van der Waals surface area (Å²) in [6.45, 7) is 5.60. The SMILES string of the molecule is CC(C)(C)OC(=O)N1Cc2sccc2CC1C(=O)O. The number of hydrogen-bond donors (Lipinski definition) is 1. The Labute approximate surface area is 115 Å². The van der Waals surface area contributed by atoms with Gasteiger partial charge in [-0.2, -0.15) is 0 Å². The second-order valence-corrected chi connectivity index (χ2v) is 6.54. The standard InChI is InChI=1S/C13H17NO4S/c1-13(2,3)18-12(17)14-7-10-8(4-5-19-10)6-9(14)11(15)16/h4-5,9H,6-7H2,1-3H3,(H,15,16). The van der Waals surface area contributed by atoms with Crippen LogP contribution in [0.2, 0.25) is 0 Å². The van der Waals surface area contributed by atoms with Gasteiger partial charge in [-0.1, -0.05) is 0 Å². The summed E-state index contributed by atoms with van der Waals surface area (Å²) in [5.74, 6) is -0.997. The molecule has 0 saturated carbocycles. The Kier molecular flexibility index (Phi) is 3.54. The zero-order valence-corrected chi connectivity index (χ0v) is 12.0. The van der Waals surface area contributed by atoms with Crippen LogP contribution in [0.5, 0.6) is 0 Å². The van der Waals surface area contributed by atoms with Crippen molar-refractivity contribution in [2.75, 3.05) is 0 Å². The number of fused-ring (bicyclic) bond motifs is 1. The fourth-order valence-corrected chi connectivity index (χ4v) is 2.92. The zero-order chi connectivity index (χ0) is 14.2. The molecule has 2 rings (SSSR count). The monoisotopic (exact) mass is 283 g/mol. The predicted molar refractivity (Wildman–Crippen MR) is 71.2 cm³/mol. The van der Waals surface area contributed by atoms with Crippen LogP contribution in [0.3, 0.4) is 0 Å². The first-order valence-corrected chi connectivity index (χ1v) is 6.93. The lowest BCUT2D eigenvalue weighted by Crippen LogP contribution is -2.49. The third-order valence-electron chi connectivity index (χ3n) is 2.85. The molecule has 2 heterocycles. The minimum Gasteiger partial charge on any atom is -0.480 e.